The summed E-state index contributed by atoms with van der Waals surface area (Å²) < 4.78 is 0. The minimum absolute atomic E-state index is 0.00573. The Morgan fingerprint density at radius 3 is 2.72 bits per heavy atom. The number of Topliss-reactive ketones (excluding diaryl/α,β-unsaturated/α-hetero) is 2. The fraction of sp³-hybridized carbons (Fsp3) is 0.526. The van der Waals surface area contributed by atoms with Crippen LogP contribution in [-0.4, -0.2) is 50.5 Å². The number of piperidine rings is 1. The second-order valence-corrected chi connectivity index (χ2v) is 7.03. The highest BCUT2D eigenvalue weighted by Crippen LogP contribution is 2.27. The Hall–Kier alpha value is -2.21. The second kappa shape index (κ2) is 6.96. The van der Waals surface area contributed by atoms with Crippen LogP contribution in [0.2, 0.25) is 0 Å². The molecule has 0 aliphatic carbocycles. The molecule has 2 atom stereocenters. The molecule has 2 aromatic rings. The van der Waals surface area contributed by atoms with Gasteiger partial charge in [-0.25, -0.2) is 4.98 Å². The number of hydrogen-bond donors (Lipinski definition) is 2. The highest BCUT2D eigenvalue weighted by atomic mass is 16.1. The maximum absolute atomic E-state index is 13.0. The van der Waals surface area contributed by atoms with Gasteiger partial charge in [0.25, 0.3) is 0 Å². The maximum atomic E-state index is 13.0. The van der Waals surface area contributed by atoms with Crippen LogP contribution in [0, 0.1) is 13.8 Å². The molecular formula is C19H26N4O2. The van der Waals surface area contributed by atoms with Gasteiger partial charge in [0.1, 0.15) is 5.82 Å². The first-order valence-electron chi connectivity index (χ1n) is 8.87. The molecule has 1 fully saturated rings. The smallest absolute Gasteiger partial charge is 0.196 e. The quantitative estimate of drug-likeness (QED) is 0.818. The van der Waals surface area contributed by atoms with Gasteiger partial charge in [-0.3, -0.25) is 14.5 Å². The Morgan fingerprint density at radius 1 is 1.36 bits per heavy atom. The minimum Gasteiger partial charge on any atom is -0.355 e. The van der Waals surface area contributed by atoms with Crippen LogP contribution >= 0.6 is 0 Å². The molecule has 3 heterocycles. The molecule has 6 heteroatoms. The first-order valence-corrected chi connectivity index (χ1v) is 8.87. The summed E-state index contributed by atoms with van der Waals surface area (Å²) in [7, 11) is 0. The summed E-state index contributed by atoms with van der Waals surface area (Å²) in [5, 5.41) is 0. The molecule has 0 spiro atoms. The molecule has 134 valence electrons. The highest BCUT2D eigenvalue weighted by molar-refractivity contribution is 6.05. The Kier molecular flexibility index (Phi) is 4.90. The van der Waals surface area contributed by atoms with Gasteiger partial charge in [0.05, 0.1) is 11.7 Å². The lowest BCUT2D eigenvalue weighted by atomic mass is 9.94. The third-order valence-corrected chi connectivity index (χ3v) is 5.32. The van der Waals surface area contributed by atoms with E-state index in [1.165, 1.54) is 0 Å². The predicted molar refractivity (Wildman–Crippen MR) is 96.2 cm³/mol. The molecule has 6 nitrogen and oxygen atoms in total. The van der Waals surface area contributed by atoms with Crippen molar-refractivity contribution in [2.24, 2.45) is 0 Å². The lowest BCUT2D eigenvalue weighted by molar-refractivity contribution is 0.0783. The van der Waals surface area contributed by atoms with E-state index in [0.717, 1.165) is 43.0 Å². The van der Waals surface area contributed by atoms with Crippen LogP contribution in [0.5, 0.6) is 0 Å². The van der Waals surface area contributed by atoms with Crippen LogP contribution in [0.4, 0.5) is 0 Å². The Morgan fingerprint density at radius 2 is 2.12 bits per heavy atom. The standard InChI is InChI=1S/C19H26N4O2/c1-11-16(14(4)24)12(2)22-17(11)18(25)13(3)23-9-5-6-15(10-23)19-20-7-8-21-19/h7-8,13,15,22H,5-6,9-10H2,1-4H3,(H,20,21). The van der Waals surface area contributed by atoms with Gasteiger partial charge in [-0.15, -0.1) is 0 Å². The number of rotatable bonds is 5. The molecule has 1 aliphatic heterocycles. The van der Waals surface area contributed by atoms with E-state index < -0.39 is 0 Å². The number of likely N-dealkylation sites (tertiary alicyclic amines) is 1. The SMILES string of the molecule is CC(=O)c1c(C)[nH]c(C(=O)C(C)N2CCCC(c3ncc[nH]3)C2)c1C. The van der Waals surface area contributed by atoms with Crippen LogP contribution in [0.25, 0.3) is 0 Å². The Balaban J connectivity index is 1.78. The molecule has 25 heavy (non-hydrogen) atoms. The van der Waals surface area contributed by atoms with E-state index in [-0.39, 0.29) is 17.6 Å². The number of carbonyl (C=O) groups excluding carboxylic acids is 2. The van der Waals surface area contributed by atoms with E-state index in [1.54, 1.807) is 13.1 Å². The number of imidazole rings is 1. The van der Waals surface area contributed by atoms with E-state index in [1.807, 2.05) is 27.0 Å². The minimum atomic E-state index is -0.227. The summed E-state index contributed by atoms with van der Waals surface area (Å²) in [6.45, 7) is 8.91. The summed E-state index contributed by atoms with van der Waals surface area (Å²) in [4.78, 5) is 37.8. The van der Waals surface area contributed by atoms with Crippen molar-refractivity contribution in [2.75, 3.05) is 13.1 Å². The number of hydrogen-bond acceptors (Lipinski definition) is 4. The molecule has 2 unspecified atom stereocenters. The van der Waals surface area contributed by atoms with Gasteiger partial charge in [0, 0.05) is 36.1 Å². The molecular weight excluding hydrogens is 316 g/mol. The summed E-state index contributed by atoms with van der Waals surface area (Å²) in [6, 6.07) is -0.227. The van der Waals surface area contributed by atoms with E-state index in [2.05, 4.69) is 19.9 Å². The monoisotopic (exact) mass is 342 g/mol. The zero-order chi connectivity index (χ0) is 18.1. The predicted octanol–water partition coefficient (Wildman–Crippen LogP) is 3.01. The van der Waals surface area contributed by atoms with E-state index in [9.17, 15) is 9.59 Å². The zero-order valence-corrected chi connectivity index (χ0v) is 15.3. The number of aromatic amines is 2. The van der Waals surface area contributed by atoms with Crippen LogP contribution in [0.15, 0.2) is 12.4 Å². The fourth-order valence-corrected chi connectivity index (χ4v) is 3.98. The Labute approximate surface area is 148 Å². The zero-order valence-electron chi connectivity index (χ0n) is 15.3. The number of ketones is 2. The van der Waals surface area contributed by atoms with Crippen molar-refractivity contribution >= 4 is 11.6 Å². The number of nitrogens with zero attached hydrogens (tertiary/aromatic N) is 2. The molecule has 1 aliphatic rings. The van der Waals surface area contributed by atoms with E-state index in [0.29, 0.717) is 17.2 Å². The lowest BCUT2D eigenvalue weighted by Gasteiger charge is -2.35. The van der Waals surface area contributed by atoms with Crippen LogP contribution in [0.1, 0.15) is 70.5 Å². The number of aryl methyl sites for hydroxylation is 1. The van der Waals surface area contributed by atoms with E-state index in [4.69, 9.17) is 0 Å². The van der Waals surface area contributed by atoms with Gasteiger partial charge >= 0.3 is 0 Å². The molecule has 2 aromatic heterocycles. The lowest BCUT2D eigenvalue weighted by Crippen LogP contribution is -2.45. The molecule has 0 bridgehead atoms. The summed E-state index contributed by atoms with van der Waals surface area (Å²) in [6.07, 6.45) is 5.75. The van der Waals surface area contributed by atoms with Gasteiger partial charge in [-0.05, 0) is 52.6 Å². The van der Waals surface area contributed by atoms with Crippen LogP contribution in [0.3, 0.4) is 0 Å². The van der Waals surface area contributed by atoms with E-state index >= 15 is 0 Å². The van der Waals surface area contributed by atoms with Crippen LogP contribution < -0.4 is 0 Å². The molecule has 2 N–H and O–H groups in total. The molecule has 0 aromatic carbocycles. The molecule has 0 radical (unpaired) electrons. The van der Waals surface area contributed by atoms with Crippen molar-refractivity contribution in [3.63, 3.8) is 0 Å². The van der Waals surface area contributed by atoms with Crippen molar-refractivity contribution in [3.05, 3.63) is 40.7 Å². The van der Waals surface area contributed by atoms with Gasteiger partial charge in [0.15, 0.2) is 11.6 Å². The number of nitrogens with one attached hydrogen (secondary N) is 2. The molecule has 0 saturated carbocycles. The summed E-state index contributed by atoms with van der Waals surface area (Å²) in [5.74, 6) is 1.37. The van der Waals surface area contributed by atoms with Crippen molar-refractivity contribution < 1.29 is 9.59 Å². The van der Waals surface area contributed by atoms with Gasteiger partial charge in [-0.1, -0.05) is 0 Å². The average molecular weight is 342 g/mol. The Bertz CT molecular complexity index is 776. The first-order chi connectivity index (χ1) is 11.9. The molecule has 0 amide bonds. The normalized spacial score (nSPS) is 19.8. The third kappa shape index (κ3) is 3.31. The summed E-state index contributed by atoms with van der Waals surface area (Å²) in [5.41, 5.74) is 2.74. The highest BCUT2D eigenvalue weighted by Gasteiger charge is 2.31. The van der Waals surface area contributed by atoms with Crippen molar-refractivity contribution in [3.8, 4) is 0 Å². The first kappa shape index (κ1) is 17.6. The fourth-order valence-electron chi connectivity index (χ4n) is 3.98. The molecule has 1 saturated heterocycles. The topological polar surface area (TPSA) is 81.8 Å². The maximum Gasteiger partial charge on any atom is 0.196 e. The van der Waals surface area contributed by atoms with Gasteiger partial charge in [-0.2, -0.15) is 0 Å². The van der Waals surface area contributed by atoms with Crippen LogP contribution in [-0.2, 0) is 0 Å². The van der Waals surface area contributed by atoms with Crippen molar-refractivity contribution in [1.82, 2.24) is 19.9 Å². The third-order valence-electron chi connectivity index (χ3n) is 5.32. The van der Waals surface area contributed by atoms with Gasteiger partial charge < -0.3 is 9.97 Å². The number of aromatic nitrogens is 3. The summed E-state index contributed by atoms with van der Waals surface area (Å²) >= 11 is 0. The average Bonchev–Trinajstić information content (AvgIpc) is 3.21. The number of carbonyl (C=O) groups is 2. The number of H-pyrrole nitrogens is 2. The second-order valence-electron chi connectivity index (χ2n) is 7.03. The van der Waals surface area contributed by atoms with Crippen molar-refractivity contribution in [2.45, 2.75) is 52.5 Å². The largest absolute Gasteiger partial charge is 0.355 e. The van der Waals surface area contributed by atoms with Crippen molar-refractivity contribution in [1.29, 1.82) is 0 Å². The van der Waals surface area contributed by atoms with Gasteiger partial charge in [0.2, 0.25) is 0 Å². The molecule has 3 rings (SSSR count).